The number of carbonyl (C=O) groups excluding carboxylic acids is 1. The van der Waals surface area contributed by atoms with Crippen molar-refractivity contribution < 1.29 is 23.4 Å². The van der Waals surface area contributed by atoms with E-state index in [2.05, 4.69) is 11.2 Å². The third-order valence-corrected chi connectivity index (χ3v) is 9.20. The predicted molar refractivity (Wildman–Crippen MR) is 159 cm³/mol. The van der Waals surface area contributed by atoms with Crippen molar-refractivity contribution in [1.29, 1.82) is 5.26 Å². The lowest BCUT2D eigenvalue weighted by molar-refractivity contribution is -0.161. The van der Waals surface area contributed by atoms with Gasteiger partial charge in [-0.3, -0.25) is 4.79 Å². The van der Waals surface area contributed by atoms with Gasteiger partial charge in [0, 0.05) is 64.8 Å². The van der Waals surface area contributed by atoms with Gasteiger partial charge in [-0.05, 0) is 36.8 Å². The number of hydrogen-bond donors (Lipinski definition) is 1. The van der Waals surface area contributed by atoms with Gasteiger partial charge in [-0.25, -0.2) is 18.3 Å². The number of aliphatic hydroxyl groups is 1. The summed E-state index contributed by atoms with van der Waals surface area (Å²) in [6.07, 6.45) is 2.48. The van der Waals surface area contributed by atoms with Gasteiger partial charge in [0.1, 0.15) is 28.1 Å². The molecule has 10 nitrogen and oxygen atoms in total. The molecule has 1 amide bonds. The van der Waals surface area contributed by atoms with E-state index < -0.39 is 11.4 Å². The van der Waals surface area contributed by atoms with Crippen molar-refractivity contribution in [3.05, 3.63) is 58.7 Å². The van der Waals surface area contributed by atoms with E-state index in [1.165, 1.54) is 34.2 Å². The lowest BCUT2D eigenvalue weighted by Gasteiger charge is -2.41. The minimum atomic E-state index is -1.41. The zero-order valence-corrected chi connectivity index (χ0v) is 24.7. The second-order valence-corrected chi connectivity index (χ2v) is 11.7. The highest BCUT2D eigenvalue weighted by Crippen LogP contribution is 2.39. The molecule has 3 aromatic heterocycles. The summed E-state index contributed by atoms with van der Waals surface area (Å²) < 4.78 is 35.8. The molecule has 2 aliphatic rings. The first-order chi connectivity index (χ1) is 20.7. The Bertz CT molecular complexity index is 1700. The van der Waals surface area contributed by atoms with Crippen molar-refractivity contribution in [3.8, 4) is 17.3 Å². The number of benzene rings is 1. The summed E-state index contributed by atoms with van der Waals surface area (Å²) in [4.78, 5) is 23.6. The number of piperazine rings is 1. The number of pyridine rings is 1. The molecule has 0 unspecified atom stereocenters. The van der Waals surface area contributed by atoms with Crippen LogP contribution in [-0.2, 0) is 16.0 Å². The van der Waals surface area contributed by atoms with Crippen molar-refractivity contribution in [2.75, 3.05) is 56.2 Å². The molecule has 6 rings (SSSR count). The number of ether oxygens (including phenoxy) is 1. The second kappa shape index (κ2) is 11.5. The number of aryl methyl sites for hydroxylation is 1. The lowest BCUT2D eigenvalue weighted by Crippen LogP contribution is -2.57. The highest BCUT2D eigenvalue weighted by molar-refractivity contribution is 7.16. The Hall–Kier alpha value is -4.12. The summed E-state index contributed by atoms with van der Waals surface area (Å²) in [5.74, 6) is -1.10. The van der Waals surface area contributed by atoms with Gasteiger partial charge in [0.15, 0.2) is 10.9 Å². The van der Waals surface area contributed by atoms with Crippen LogP contribution in [0.3, 0.4) is 0 Å². The fourth-order valence-electron chi connectivity index (χ4n) is 5.73. The van der Waals surface area contributed by atoms with Crippen molar-refractivity contribution in [2.45, 2.75) is 31.8 Å². The van der Waals surface area contributed by atoms with E-state index in [0.717, 1.165) is 11.4 Å². The zero-order valence-electron chi connectivity index (χ0n) is 23.9. The molecule has 0 radical (unpaired) electrons. The summed E-state index contributed by atoms with van der Waals surface area (Å²) in [6, 6.07) is 9.80. The van der Waals surface area contributed by atoms with Crippen LogP contribution in [0.4, 0.5) is 25.3 Å². The van der Waals surface area contributed by atoms with E-state index in [-0.39, 0.29) is 24.6 Å². The van der Waals surface area contributed by atoms with Gasteiger partial charge in [0.2, 0.25) is 0 Å². The molecular formula is C30H31F2N7O3S. The molecule has 0 saturated carbocycles. The monoisotopic (exact) mass is 607 g/mol. The number of thiazole rings is 1. The van der Waals surface area contributed by atoms with Gasteiger partial charge >= 0.3 is 0 Å². The van der Waals surface area contributed by atoms with Crippen LogP contribution in [0.25, 0.3) is 16.8 Å². The SMILES string of the molecule is CCc1nn2cc(F)c(N3CCN(C(=O)C4(O)CCOCC4)CC3)cc2c1N(C)c1nc(-c2ccc(F)cc2)c(C#N)s1. The van der Waals surface area contributed by atoms with E-state index >= 15 is 4.39 Å². The Labute approximate surface area is 251 Å². The average Bonchev–Trinajstić information content (AvgIpc) is 3.62. The van der Waals surface area contributed by atoms with Crippen LogP contribution in [-0.4, -0.2) is 82.6 Å². The van der Waals surface area contributed by atoms with Crippen molar-refractivity contribution in [3.63, 3.8) is 0 Å². The van der Waals surface area contributed by atoms with Crippen LogP contribution in [0, 0.1) is 23.0 Å². The first-order valence-corrected chi connectivity index (χ1v) is 15.0. The maximum Gasteiger partial charge on any atom is 0.254 e. The lowest BCUT2D eigenvalue weighted by atomic mass is 9.92. The molecule has 4 aromatic rings. The fraction of sp³-hybridized carbons (Fsp3) is 0.400. The molecule has 0 aliphatic carbocycles. The first-order valence-electron chi connectivity index (χ1n) is 14.2. The maximum atomic E-state index is 15.5. The third-order valence-electron chi connectivity index (χ3n) is 8.16. The highest BCUT2D eigenvalue weighted by Gasteiger charge is 2.41. The standard InChI is InChI=1S/C30H31F2N7O3S/c1-3-22-27(36(2)29-34-26(25(17-33)43-29)19-4-6-20(31)7-5-19)24-16-23(21(32)18-39(24)35-22)37-10-12-38(13-11-37)28(40)30(41)8-14-42-15-9-30/h4-7,16,18,41H,3,8-15H2,1-2H3. The van der Waals surface area contributed by atoms with E-state index in [0.29, 0.717) is 78.3 Å². The van der Waals surface area contributed by atoms with E-state index in [9.17, 15) is 19.6 Å². The number of nitrogens with zero attached hydrogens (tertiary/aromatic N) is 7. The Kier molecular flexibility index (Phi) is 7.76. The average molecular weight is 608 g/mol. The van der Waals surface area contributed by atoms with Crippen LogP contribution < -0.4 is 9.80 Å². The van der Waals surface area contributed by atoms with Gasteiger partial charge in [-0.15, -0.1) is 0 Å². The van der Waals surface area contributed by atoms with Gasteiger partial charge in [0.25, 0.3) is 5.91 Å². The Morgan fingerprint density at radius 3 is 2.53 bits per heavy atom. The Morgan fingerprint density at radius 1 is 1.19 bits per heavy atom. The summed E-state index contributed by atoms with van der Waals surface area (Å²) in [6.45, 7) is 4.20. The van der Waals surface area contributed by atoms with E-state index in [4.69, 9.17) is 9.72 Å². The van der Waals surface area contributed by atoms with Crippen molar-refractivity contribution in [2.24, 2.45) is 0 Å². The van der Waals surface area contributed by atoms with Crippen LogP contribution in [0.1, 0.15) is 30.3 Å². The van der Waals surface area contributed by atoms with Crippen molar-refractivity contribution in [1.82, 2.24) is 19.5 Å². The highest BCUT2D eigenvalue weighted by atomic mass is 32.1. The number of nitriles is 1. The molecule has 224 valence electrons. The number of rotatable bonds is 6. The molecule has 5 heterocycles. The number of anilines is 3. The molecule has 2 fully saturated rings. The fourth-order valence-corrected chi connectivity index (χ4v) is 6.59. The minimum absolute atomic E-state index is 0.273. The third kappa shape index (κ3) is 5.30. The number of aromatic nitrogens is 3. The summed E-state index contributed by atoms with van der Waals surface area (Å²) >= 11 is 1.21. The van der Waals surface area contributed by atoms with Crippen LogP contribution in [0.5, 0.6) is 0 Å². The molecule has 13 heteroatoms. The Morgan fingerprint density at radius 2 is 1.88 bits per heavy atom. The van der Waals surface area contributed by atoms with Gasteiger partial charge in [-0.2, -0.15) is 10.4 Å². The van der Waals surface area contributed by atoms with E-state index in [1.807, 2.05) is 23.8 Å². The smallest absolute Gasteiger partial charge is 0.254 e. The predicted octanol–water partition coefficient (Wildman–Crippen LogP) is 4.13. The molecule has 0 bridgehead atoms. The maximum absolute atomic E-state index is 15.5. The van der Waals surface area contributed by atoms with Gasteiger partial charge in [0.05, 0.1) is 28.8 Å². The molecule has 43 heavy (non-hydrogen) atoms. The van der Waals surface area contributed by atoms with Gasteiger partial charge < -0.3 is 24.5 Å². The van der Waals surface area contributed by atoms with Crippen LogP contribution >= 0.6 is 11.3 Å². The number of fused-ring (bicyclic) bond motifs is 1. The topological polar surface area (TPSA) is 110 Å². The number of hydrogen-bond acceptors (Lipinski definition) is 9. The molecule has 0 atom stereocenters. The first kappa shape index (κ1) is 29.0. The minimum Gasteiger partial charge on any atom is -0.381 e. The summed E-state index contributed by atoms with van der Waals surface area (Å²) in [5.41, 5.74) is 2.23. The van der Waals surface area contributed by atoms with Crippen LogP contribution in [0.2, 0.25) is 0 Å². The molecule has 0 spiro atoms. The zero-order chi connectivity index (χ0) is 30.3. The van der Waals surface area contributed by atoms with Crippen LogP contribution in [0.15, 0.2) is 36.5 Å². The van der Waals surface area contributed by atoms with E-state index in [1.54, 1.807) is 23.1 Å². The summed E-state index contributed by atoms with van der Waals surface area (Å²) in [5, 5.41) is 25.8. The Balaban J connectivity index is 1.29. The molecule has 1 N–H and O–H groups in total. The summed E-state index contributed by atoms with van der Waals surface area (Å²) in [7, 11) is 1.83. The quantitative estimate of drug-likeness (QED) is 0.349. The molecule has 2 aliphatic heterocycles. The number of carbonyl (C=O) groups is 1. The largest absolute Gasteiger partial charge is 0.381 e. The van der Waals surface area contributed by atoms with Crippen molar-refractivity contribution >= 4 is 39.3 Å². The second-order valence-electron chi connectivity index (χ2n) is 10.8. The molecule has 1 aromatic carbocycles. The number of halogens is 2. The normalized spacial score (nSPS) is 16.8. The van der Waals surface area contributed by atoms with Gasteiger partial charge in [-0.1, -0.05) is 18.3 Å². The molecule has 2 saturated heterocycles. The molecular weight excluding hydrogens is 576 g/mol. The number of amides is 1.